The van der Waals surface area contributed by atoms with Gasteiger partial charge in [-0.05, 0) is 31.1 Å². The lowest BCUT2D eigenvalue weighted by molar-refractivity contribution is -0.156. The van der Waals surface area contributed by atoms with Gasteiger partial charge < -0.3 is 10.2 Å². The molecule has 1 heterocycles. The van der Waals surface area contributed by atoms with Crippen LogP contribution in [-0.2, 0) is 9.59 Å². The SMILES string of the molecule is CCC1(C)NC(=O)C(C(C)C)N(CCC(C)(C)C)C1=O. The molecule has 1 rings (SSSR count). The highest BCUT2D eigenvalue weighted by atomic mass is 16.2. The number of carbonyl (C=O) groups excluding carboxylic acids is 2. The fourth-order valence-corrected chi connectivity index (χ4v) is 2.58. The van der Waals surface area contributed by atoms with E-state index in [0.29, 0.717) is 13.0 Å². The Hall–Kier alpha value is -1.06. The maximum atomic E-state index is 12.8. The minimum Gasteiger partial charge on any atom is -0.340 e. The molecule has 0 aromatic rings. The smallest absolute Gasteiger partial charge is 0.248 e. The maximum absolute atomic E-state index is 12.8. The molecule has 1 aliphatic rings. The van der Waals surface area contributed by atoms with Gasteiger partial charge >= 0.3 is 0 Å². The Morgan fingerprint density at radius 2 is 1.85 bits per heavy atom. The molecule has 0 saturated carbocycles. The number of amides is 2. The van der Waals surface area contributed by atoms with E-state index in [1.165, 1.54) is 0 Å². The number of nitrogens with one attached hydrogen (secondary N) is 1. The first-order valence-electron chi connectivity index (χ1n) is 7.65. The van der Waals surface area contributed by atoms with E-state index in [0.717, 1.165) is 6.42 Å². The Morgan fingerprint density at radius 1 is 1.30 bits per heavy atom. The van der Waals surface area contributed by atoms with Crippen molar-refractivity contribution < 1.29 is 9.59 Å². The van der Waals surface area contributed by atoms with Gasteiger partial charge in [-0.25, -0.2) is 0 Å². The average molecular weight is 282 g/mol. The van der Waals surface area contributed by atoms with Crippen molar-refractivity contribution in [3.8, 4) is 0 Å². The molecule has 0 spiro atoms. The molecule has 1 saturated heterocycles. The molecule has 20 heavy (non-hydrogen) atoms. The Bertz CT molecular complexity index is 384. The fraction of sp³-hybridized carbons (Fsp3) is 0.875. The van der Waals surface area contributed by atoms with Crippen LogP contribution in [0.1, 0.15) is 61.3 Å². The Balaban J connectivity index is 3.02. The van der Waals surface area contributed by atoms with Crippen LogP contribution in [0.4, 0.5) is 0 Å². The summed E-state index contributed by atoms with van der Waals surface area (Å²) < 4.78 is 0. The lowest BCUT2D eigenvalue weighted by Crippen LogP contribution is -2.70. The van der Waals surface area contributed by atoms with Crippen molar-refractivity contribution in [1.82, 2.24) is 10.2 Å². The van der Waals surface area contributed by atoms with E-state index in [9.17, 15) is 9.59 Å². The average Bonchev–Trinajstić information content (AvgIpc) is 2.30. The van der Waals surface area contributed by atoms with Crippen LogP contribution >= 0.6 is 0 Å². The van der Waals surface area contributed by atoms with E-state index in [1.54, 1.807) is 4.90 Å². The van der Waals surface area contributed by atoms with Crippen LogP contribution in [0.3, 0.4) is 0 Å². The van der Waals surface area contributed by atoms with Gasteiger partial charge in [-0.2, -0.15) is 0 Å². The van der Waals surface area contributed by atoms with Gasteiger partial charge in [0, 0.05) is 6.54 Å². The molecule has 1 N–H and O–H groups in total. The van der Waals surface area contributed by atoms with Gasteiger partial charge in [-0.1, -0.05) is 41.5 Å². The van der Waals surface area contributed by atoms with Gasteiger partial charge in [-0.15, -0.1) is 0 Å². The van der Waals surface area contributed by atoms with Crippen LogP contribution in [0, 0.1) is 11.3 Å². The summed E-state index contributed by atoms with van der Waals surface area (Å²) in [6, 6.07) is -0.343. The molecule has 2 amide bonds. The van der Waals surface area contributed by atoms with Crippen LogP contribution < -0.4 is 5.32 Å². The molecule has 0 bridgehead atoms. The largest absolute Gasteiger partial charge is 0.340 e. The molecular formula is C16H30N2O2. The summed E-state index contributed by atoms with van der Waals surface area (Å²) in [5.41, 5.74) is -0.599. The Morgan fingerprint density at radius 3 is 2.25 bits per heavy atom. The van der Waals surface area contributed by atoms with E-state index in [1.807, 2.05) is 27.7 Å². The van der Waals surface area contributed by atoms with Gasteiger partial charge in [0.1, 0.15) is 11.6 Å². The molecule has 0 aromatic heterocycles. The van der Waals surface area contributed by atoms with Gasteiger partial charge in [0.25, 0.3) is 0 Å². The molecule has 0 radical (unpaired) electrons. The molecule has 2 unspecified atom stereocenters. The first-order valence-corrected chi connectivity index (χ1v) is 7.65. The number of hydrogen-bond acceptors (Lipinski definition) is 2. The molecule has 2 atom stereocenters. The van der Waals surface area contributed by atoms with Gasteiger partial charge in [0.15, 0.2) is 0 Å². The predicted octanol–water partition coefficient (Wildman–Crippen LogP) is 2.57. The normalized spacial score (nSPS) is 28.0. The number of rotatable bonds is 4. The van der Waals surface area contributed by atoms with Crippen LogP contribution in [0.15, 0.2) is 0 Å². The standard InChI is InChI=1S/C16H30N2O2/c1-8-16(7)14(20)18(10-9-15(4,5)6)12(11(2)3)13(19)17-16/h11-12H,8-10H2,1-7H3,(H,17,19). The number of nitrogens with zero attached hydrogens (tertiary/aromatic N) is 1. The van der Waals surface area contributed by atoms with Gasteiger partial charge in [-0.3, -0.25) is 9.59 Å². The molecule has 116 valence electrons. The summed E-state index contributed by atoms with van der Waals surface area (Å²) in [5, 5.41) is 2.92. The van der Waals surface area contributed by atoms with E-state index < -0.39 is 5.54 Å². The molecule has 0 aliphatic carbocycles. The number of carbonyl (C=O) groups is 2. The van der Waals surface area contributed by atoms with E-state index >= 15 is 0 Å². The van der Waals surface area contributed by atoms with Crippen molar-refractivity contribution in [2.24, 2.45) is 11.3 Å². The van der Waals surface area contributed by atoms with Crippen LogP contribution in [0.5, 0.6) is 0 Å². The van der Waals surface area contributed by atoms with Crippen molar-refractivity contribution in [3.05, 3.63) is 0 Å². The summed E-state index contributed by atoms with van der Waals surface area (Å²) in [6.45, 7) is 14.9. The van der Waals surface area contributed by atoms with Gasteiger partial charge in [0.05, 0.1) is 0 Å². The second kappa shape index (κ2) is 5.74. The molecule has 4 nitrogen and oxygen atoms in total. The minimum absolute atomic E-state index is 0.0159. The third kappa shape index (κ3) is 3.53. The summed E-state index contributed by atoms with van der Waals surface area (Å²) in [4.78, 5) is 27.0. The molecule has 4 heteroatoms. The zero-order valence-corrected chi connectivity index (χ0v) is 14.0. The third-order valence-corrected chi connectivity index (χ3v) is 4.18. The minimum atomic E-state index is -0.750. The second-order valence-electron chi connectivity index (χ2n) is 7.67. The lowest BCUT2D eigenvalue weighted by Gasteiger charge is -2.46. The maximum Gasteiger partial charge on any atom is 0.248 e. The number of piperazine rings is 1. The molecule has 1 fully saturated rings. The van der Waals surface area contributed by atoms with Gasteiger partial charge in [0.2, 0.25) is 11.8 Å². The summed E-state index contributed by atoms with van der Waals surface area (Å²) in [6.07, 6.45) is 1.52. The first kappa shape index (κ1) is 17.0. The molecular weight excluding hydrogens is 252 g/mol. The monoisotopic (exact) mass is 282 g/mol. The zero-order chi connectivity index (χ0) is 15.7. The second-order valence-corrected chi connectivity index (χ2v) is 7.67. The predicted molar refractivity (Wildman–Crippen MR) is 81.2 cm³/mol. The quantitative estimate of drug-likeness (QED) is 0.861. The summed E-state index contributed by atoms with van der Waals surface area (Å²) in [7, 11) is 0. The van der Waals surface area contributed by atoms with Crippen molar-refractivity contribution >= 4 is 11.8 Å². The van der Waals surface area contributed by atoms with Crippen molar-refractivity contribution in [3.63, 3.8) is 0 Å². The zero-order valence-electron chi connectivity index (χ0n) is 14.0. The Labute approximate surface area is 123 Å². The molecule has 0 aromatic carbocycles. The van der Waals surface area contributed by atoms with Crippen molar-refractivity contribution in [1.29, 1.82) is 0 Å². The van der Waals surface area contributed by atoms with E-state index in [2.05, 4.69) is 26.1 Å². The first-order chi connectivity index (χ1) is 9.02. The summed E-state index contributed by atoms with van der Waals surface area (Å²) >= 11 is 0. The Kier molecular flexibility index (Phi) is 4.88. The topological polar surface area (TPSA) is 49.4 Å². The van der Waals surface area contributed by atoms with Crippen LogP contribution in [0.2, 0.25) is 0 Å². The van der Waals surface area contributed by atoms with E-state index in [-0.39, 0.29) is 29.2 Å². The third-order valence-electron chi connectivity index (χ3n) is 4.18. The number of hydrogen-bond donors (Lipinski definition) is 1. The van der Waals surface area contributed by atoms with E-state index in [4.69, 9.17) is 0 Å². The molecule has 1 aliphatic heterocycles. The van der Waals surface area contributed by atoms with Crippen molar-refractivity contribution in [2.45, 2.75) is 72.9 Å². The lowest BCUT2D eigenvalue weighted by atomic mass is 9.86. The highest BCUT2D eigenvalue weighted by molar-refractivity contribution is 5.99. The highest BCUT2D eigenvalue weighted by Crippen LogP contribution is 2.27. The fourth-order valence-electron chi connectivity index (χ4n) is 2.58. The van der Waals surface area contributed by atoms with Crippen LogP contribution in [-0.4, -0.2) is 34.8 Å². The van der Waals surface area contributed by atoms with Crippen molar-refractivity contribution in [2.75, 3.05) is 6.54 Å². The van der Waals surface area contributed by atoms with Crippen LogP contribution in [0.25, 0.3) is 0 Å². The summed E-state index contributed by atoms with van der Waals surface area (Å²) in [5.74, 6) is 0.167. The highest BCUT2D eigenvalue weighted by Gasteiger charge is 2.47.